The molecule has 7 nitrogen and oxygen atoms in total. The molecule has 0 radical (unpaired) electrons. The predicted octanol–water partition coefficient (Wildman–Crippen LogP) is 9.38. The molecule has 0 saturated heterocycles. The first-order valence-electron chi connectivity index (χ1n) is 17.0. The van der Waals surface area contributed by atoms with E-state index in [-0.39, 0.29) is 6.61 Å². The Morgan fingerprint density at radius 3 is 1.31 bits per heavy atom. The summed E-state index contributed by atoms with van der Waals surface area (Å²) in [7, 11) is -11.2. The highest BCUT2D eigenvalue weighted by molar-refractivity contribution is 6.90. The van der Waals surface area contributed by atoms with E-state index in [4.69, 9.17) is 31.4 Å². The van der Waals surface area contributed by atoms with Crippen LogP contribution in [-0.4, -0.2) is 72.0 Å². The van der Waals surface area contributed by atoms with Gasteiger partial charge in [-0.3, -0.25) is 0 Å². The highest BCUT2D eigenvalue weighted by Crippen LogP contribution is 2.32. The van der Waals surface area contributed by atoms with E-state index < -0.39 is 48.6 Å². The summed E-state index contributed by atoms with van der Waals surface area (Å²) in [6.45, 7) is 24.8. The van der Waals surface area contributed by atoms with Crippen LogP contribution in [0.1, 0.15) is 96.8 Å². The molecule has 0 heterocycles. The van der Waals surface area contributed by atoms with E-state index in [1.54, 1.807) is 0 Å². The van der Waals surface area contributed by atoms with Crippen LogP contribution in [0.3, 0.4) is 0 Å². The molecule has 0 aromatic rings. The molecule has 2 N–H and O–H groups in total. The van der Waals surface area contributed by atoms with Crippen LogP contribution >= 0.6 is 0 Å². The predicted molar refractivity (Wildman–Crippen MR) is 191 cm³/mol. The van der Waals surface area contributed by atoms with Crippen molar-refractivity contribution in [3.63, 3.8) is 0 Å². The van der Waals surface area contributed by atoms with Gasteiger partial charge in [0.15, 0.2) is 22.9 Å². The third-order valence-electron chi connectivity index (χ3n) is 6.89. The van der Waals surface area contributed by atoms with E-state index in [1.807, 2.05) is 0 Å². The highest BCUT2D eigenvalue weighted by atomic mass is 28.5. The Balaban J connectivity index is 5.14. The summed E-state index contributed by atoms with van der Waals surface area (Å²) < 4.78 is 33.1. The maximum absolute atomic E-state index is 9.10. The summed E-state index contributed by atoms with van der Waals surface area (Å²) in [6, 6.07) is 1.75. The number of unbranched alkanes of at least 4 members (excludes halogenated alkanes) is 12. The summed E-state index contributed by atoms with van der Waals surface area (Å²) in [4.78, 5) is 0. The third kappa shape index (κ3) is 26.1. The zero-order valence-corrected chi connectivity index (χ0v) is 34.7. The molecule has 12 heteroatoms. The molecule has 0 spiro atoms. The smallest absolute Gasteiger partial charge is 0.317 e. The fourth-order valence-corrected chi connectivity index (χ4v) is 29.6. The van der Waals surface area contributed by atoms with Crippen LogP contribution in [0.2, 0.25) is 77.6 Å². The maximum Gasteiger partial charge on any atom is 0.317 e. The van der Waals surface area contributed by atoms with Gasteiger partial charge >= 0.3 is 25.7 Å². The van der Waals surface area contributed by atoms with Gasteiger partial charge in [0, 0.05) is 6.61 Å². The lowest BCUT2D eigenvalue weighted by molar-refractivity contribution is -0.0945. The Bertz CT molecular complexity index is 673. The van der Waals surface area contributed by atoms with Crippen molar-refractivity contribution in [2.45, 2.75) is 181 Å². The molecular formula is C30H72O7Si5. The monoisotopic (exact) mass is 684 g/mol. The maximum atomic E-state index is 9.10. The van der Waals surface area contributed by atoms with Gasteiger partial charge in [-0.25, -0.2) is 0 Å². The van der Waals surface area contributed by atoms with Gasteiger partial charge in [0.25, 0.3) is 0 Å². The normalized spacial score (nSPS) is 16.1. The third-order valence-corrected chi connectivity index (χ3v) is 25.2. The van der Waals surface area contributed by atoms with E-state index in [9.17, 15) is 0 Å². The second-order valence-corrected chi connectivity index (χ2v) is 35.0. The van der Waals surface area contributed by atoms with Crippen molar-refractivity contribution < 1.29 is 31.4 Å². The Hall–Kier alpha value is 0.804. The van der Waals surface area contributed by atoms with Crippen LogP contribution in [0, 0.1) is 0 Å². The Morgan fingerprint density at radius 1 is 0.476 bits per heavy atom. The molecule has 2 atom stereocenters. The van der Waals surface area contributed by atoms with E-state index in [0.717, 1.165) is 24.9 Å². The van der Waals surface area contributed by atoms with Gasteiger partial charge in [0.2, 0.25) is 0 Å². The van der Waals surface area contributed by atoms with Crippen molar-refractivity contribution in [1.82, 2.24) is 0 Å². The Labute approximate surface area is 266 Å². The molecule has 0 saturated carbocycles. The van der Waals surface area contributed by atoms with Crippen molar-refractivity contribution in [2.75, 3.05) is 13.2 Å². The quantitative estimate of drug-likeness (QED) is 0.0482. The lowest BCUT2D eigenvalue weighted by atomic mass is 10.1. The average molecular weight is 685 g/mol. The Morgan fingerprint density at radius 2 is 0.881 bits per heavy atom. The second-order valence-electron chi connectivity index (χ2n) is 15.0. The van der Waals surface area contributed by atoms with E-state index in [0.29, 0.717) is 6.61 Å². The molecule has 254 valence electrons. The number of hydrogen-bond acceptors (Lipinski definition) is 7. The van der Waals surface area contributed by atoms with Gasteiger partial charge < -0.3 is 31.4 Å². The number of aliphatic hydroxyl groups is 2. The van der Waals surface area contributed by atoms with Crippen LogP contribution in [0.15, 0.2) is 0 Å². The molecule has 0 aromatic carbocycles. The van der Waals surface area contributed by atoms with Crippen molar-refractivity contribution in [2.24, 2.45) is 0 Å². The molecule has 0 aliphatic heterocycles. The van der Waals surface area contributed by atoms with Gasteiger partial charge in [-0.15, -0.1) is 0 Å². The molecule has 0 bridgehead atoms. The highest BCUT2D eigenvalue weighted by Gasteiger charge is 2.48. The molecule has 0 fully saturated rings. The first-order chi connectivity index (χ1) is 19.3. The second kappa shape index (κ2) is 21.6. The Kier molecular flexibility index (Phi) is 22.0. The molecule has 0 aromatic heterocycles. The zero-order valence-electron chi connectivity index (χ0n) is 29.7. The summed E-state index contributed by atoms with van der Waals surface area (Å²) in [5, 5.41) is 18.2. The fourth-order valence-electron chi connectivity index (χ4n) is 5.78. The number of aliphatic hydroxyl groups excluding tert-OH is 1. The molecule has 0 aliphatic carbocycles. The van der Waals surface area contributed by atoms with Gasteiger partial charge in [-0.05, 0) is 84.0 Å². The molecule has 0 rings (SSSR count). The molecule has 0 amide bonds. The molecule has 42 heavy (non-hydrogen) atoms. The number of hydrogen-bond donors (Lipinski definition) is 2. The SMILES string of the molecule is CCCCCCCCCCCCCCC[Si](C)(O[Si](C)(C)O[Si](C)(C)C)O[Si](C)(CCCOCC(O)O)O[Si](C)(C)C. The minimum absolute atomic E-state index is 0.0730. The summed E-state index contributed by atoms with van der Waals surface area (Å²) in [6.07, 6.45) is 16.7. The van der Waals surface area contributed by atoms with Gasteiger partial charge in [0.05, 0.1) is 6.61 Å². The van der Waals surface area contributed by atoms with E-state index >= 15 is 0 Å². The first kappa shape index (κ1) is 42.8. The van der Waals surface area contributed by atoms with Gasteiger partial charge in [0.1, 0.15) is 0 Å². The van der Waals surface area contributed by atoms with Crippen LogP contribution in [0.5, 0.6) is 0 Å². The van der Waals surface area contributed by atoms with E-state index in [1.165, 1.54) is 77.0 Å². The summed E-state index contributed by atoms with van der Waals surface area (Å²) in [5.41, 5.74) is 0. The van der Waals surface area contributed by atoms with E-state index in [2.05, 4.69) is 72.4 Å². The van der Waals surface area contributed by atoms with Crippen LogP contribution in [0.25, 0.3) is 0 Å². The topological polar surface area (TPSA) is 86.6 Å². The number of rotatable bonds is 28. The first-order valence-corrected chi connectivity index (χ1v) is 31.7. The summed E-state index contributed by atoms with van der Waals surface area (Å²) in [5.74, 6) is 0. The van der Waals surface area contributed by atoms with Crippen LogP contribution < -0.4 is 0 Å². The molecule has 2 unspecified atom stereocenters. The average Bonchev–Trinajstić information content (AvgIpc) is 2.78. The fraction of sp³-hybridized carbons (Fsp3) is 1.00. The lowest BCUT2D eigenvalue weighted by Gasteiger charge is -2.44. The van der Waals surface area contributed by atoms with Crippen LogP contribution in [-0.2, 0) is 21.2 Å². The van der Waals surface area contributed by atoms with Crippen molar-refractivity contribution in [1.29, 1.82) is 0 Å². The molecular weight excluding hydrogens is 613 g/mol. The minimum atomic E-state index is -2.61. The van der Waals surface area contributed by atoms with Crippen molar-refractivity contribution >= 4 is 42.3 Å². The van der Waals surface area contributed by atoms with Crippen molar-refractivity contribution in [3.05, 3.63) is 0 Å². The zero-order chi connectivity index (χ0) is 32.3. The number of ether oxygens (including phenoxy) is 1. The minimum Gasteiger partial charge on any atom is -0.437 e. The largest absolute Gasteiger partial charge is 0.437 e. The lowest BCUT2D eigenvalue weighted by Crippen LogP contribution is -2.60. The van der Waals surface area contributed by atoms with Gasteiger partial charge in [-0.2, -0.15) is 0 Å². The summed E-state index contributed by atoms with van der Waals surface area (Å²) >= 11 is 0. The van der Waals surface area contributed by atoms with Crippen molar-refractivity contribution in [3.8, 4) is 0 Å². The standard InChI is InChI=1S/C30H72O7Si5/c1-12-13-14-15-16-17-18-19-20-21-22-23-24-27-42(11,36-40(8,9)34-38(2,3)4)37-41(10,35-39(5,6)7)28-25-26-33-29-30(31)32/h30-32H,12-29H2,1-11H3. The molecule has 0 aliphatic rings. The van der Waals surface area contributed by atoms with Crippen LogP contribution in [0.4, 0.5) is 0 Å². The van der Waals surface area contributed by atoms with Gasteiger partial charge in [-0.1, -0.05) is 90.4 Å².